The molecule has 1 aromatic carbocycles. The Morgan fingerprint density at radius 2 is 2.10 bits per heavy atom. The van der Waals surface area contributed by atoms with Gasteiger partial charge in [-0.25, -0.2) is 5.43 Å². The molecule has 2 aromatic rings. The summed E-state index contributed by atoms with van der Waals surface area (Å²) in [7, 11) is 0. The highest BCUT2D eigenvalue weighted by Crippen LogP contribution is 2.17. The molecule has 2 N–H and O–H groups in total. The third kappa shape index (κ3) is 4.37. The van der Waals surface area contributed by atoms with E-state index >= 15 is 0 Å². The van der Waals surface area contributed by atoms with E-state index in [0.717, 1.165) is 5.56 Å². The molecular formula is C15H16N2O3. The number of furan rings is 1. The van der Waals surface area contributed by atoms with Gasteiger partial charge in [0.15, 0.2) is 0 Å². The molecule has 1 amide bonds. The van der Waals surface area contributed by atoms with Crippen molar-refractivity contribution in [2.75, 3.05) is 0 Å². The number of benzene rings is 1. The Morgan fingerprint density at radius 1 is 1.30 bits per heavy atom. The predicted molar refractivity (Wildman–Crippen MR) is 75.1 cm³/mol. The predicted octanol–water partition coefficient (Wildman–Crippen LogP) is 2.24. The minimum Gasteiger partial charge on any atom is -0.463 e. The third-order valence-electron chi connectivity index (χ3n) is 2.75. The molecule has 0 saturated heterocycles. The summed E-state index contributed by atoms with van der Waals surface area (Å²) in [6, 6.07) is 12.7. The number of hydrogen-bond donors (Lipinski definition) is 2. The van der Waals surface area contributed by atoms with Crippen molar-refractivity contribution in [3.8, 4) is 0 Å². The van der Waals surface area contributed by atoms with Crippen molar-refractivity contribution in [1.82, 2.24) is 5.43 Å². The maximum Gasteiger partial charge on any atom is 0.240 e. The molecule has 0 bridgehead atoms. The lowest BCUT2D eigenvalue weighted by atomic mass is 10.1. The largest absolute Gasteiger partial charge is 0.463 e. The Kier molecular flexibility index (Phi) is 5.08. The molecule has 1 heterocycles. The van der Waals surface area contributed by atoms with Crippen LogP contribution in [-0.4, -0.2) is 17.2 Å². The SMILES string of the molecule is O=C(CC[C@@H](O)c1ccccc1)N/N=C\c1ccco1. The second kappa shape index (κ2) is 7.25. The number of nitrogens with one attached hydrogen (secondary N) is 1. The van der Waals surface area contributed by atoms with Crippen molar-refractivity contribution in [2.45, 2.75) is 18.9 Å². The molecule has 0 aliphatic carbocycles. The van der Waals surface area contributed by atoms with Gasteiger partial charge in [0.25, 0.3) is 0 Å². The van der Waals surface area contributed by atoms with Crippen molar-refractivity contribution in [2.24, 2.45) is 5.10 Å². The normalized spacial score (nSPS) is 12.4. The monoisotopic (exact) mass is 272 g/mol. The van der Waals surface area contributed by atoms with E-state index in [9.17, 15) is 9.90 Å². The quantitative estimate of drug-likeness (QED) is 0.625. The Morgan fingerprint density at radius 3 is 2.80 bits per heavy atom. The van der Waals surface area contributed by atoms with Gasteiger partial charge in [-0.05, 0) is 24.1 Å². The average Bonchev–Trinajstić information content (AvgIpc) is 2.99. The number of aliphatic hydroxyl groups is 1. The van der Waals surface area contributed by atoms with Crippen LogP contribution in [0.5, 0.6) is 0 Å². The average molecular weight is 272 g/mol. The van der Waals surface area contributed by atoms with Crippen LogP contribution in [-0.2, 0) is 4.79 Å². The van der Waals surface area contributed by atoms with Gasteiger partial charge in [0, 0.05) is 6.42 Å². The molecule has 0 aliphatic heterocycles. The zero-order valence-corrected chi connectivity index (χ0v) is 10.9. The van der Waals surface area contributed by atoms with Gasteiger partial charge in [-0.1, -0.05) is 30.3 Å². The number of aliphatic hydroxyl groups excluding tert-OH is 1. The lowest BCUT2D eigenvalue weighted by Crippen LogP contribution is -2.18. The summed E-state index contributed by atoms with van der Waals surface area (Å²) in [5, 5.41) is 13.7. The van der Waals surface area contributed by atoms with Gasteiger partial charge in [-0.15, -0.1) is 0 Å². The number of rotatable bonds is 6. The van der Waals surface area contributed by atoms with Crippen molar-refractivity contribution in [3.05, 3.63) is 60.1 Å². The van der Waals surface area contributed by atoms with E-state index in [4.69, 9.17) is 4.42 Å². The lowest BCUT2D eigenvalue weighted by molar-refractivity contribution is -0.121. The van der Waals surface area contributed by atoms with Gasteiger partial charge in [-0.3, -0.25) is 4.79 Å². The van der Waals surface area contributed by atoms with Crippen molar-refractivity contribution >= 4 is 12.1 Å². The van der Waals surface area contributed by atoms with Gasteiger partial charge in [-0.2, -0.15) is 5.10 Å². The van der Waals surface area contributed by atoms with Crippen LogP contribution in [0.15, 0.2) is 58.2 Å². The van der Waals surface area contributed by atoms with Crippen LogP contribution >= 0.6 is 0 Å². The molecule has 0 radical (unpaired) electrons. The van der Waals surface area contributed by atoms with Crippen molar-refractivity contribution in [3.63, 3.8) is 0 Å². The Balaban J connectivity index is 1.72. The van der Waals surface area contributed by atoms with Crippen LogP contribution in [0.25, 0.3) is 0 Å². The summed E-state index contributed by atoms with van der Waals surface area (Å²) in [6.07, 6.45) is 2.86. The molecule has 0 aliphatic rings. The van der Waals surface area contributed by atoms with E-state index in [1.807, 2.05) is 30.3 Å². The van der Waals surface area contributed by atoms with Gasteiger partial charge in [0.2, 0.25) is 5.91 Å². The molecule has 0 fully saturated rings. The summed E-state index contributed by atoms with van der Waals surface area (Å²) in [5.74, 6) is 0.317. The second-order valence-corrected chi connectivity index (χ2v) is 4.27. The zero-order valence-electron chi connectivity index (χ0n) is 10.9. The number of nitrogens with zero attached hydrogens (tertiary/aromatic N) is 1. The molecule has 2 rings (SSSR count). The van der Waals surface area contributed by atoms with E-state index in [1.165, 1.54) is 12.5 Å². The smallest absolute Gasteiger partial charge is 0.240 e. The molecular weight excluding hydrogens is 256 g/mol. The Bertz CT molecular complexity index is 550. The van der Waals surface area contributed by atoms with E-state index in [-0.39, 0.29) is 12.3 Å². The van der Waals surface area contributed by atoms with E-state index in [1.54, 1.807) is 12.1 Å². The fraction of sp³-hybridized carbons (Fsp3) is 0.200. The first-order valence-corrected chi connectivity index (χ1v) is 6.34. The first-order chi connectivity index (χ1) is 9.75. The van der Waals surface area contributed by atoms with Gasteiger partial charge in [0.05, 0.1) is 18.6 Å². The number of carbonyl (C=O) groups is 1. The molecule has 1 aromatic heterocycles. The molecule has 104 valence electrons. The van der Waals surface area contributed by atoms with Gasteiger partial charge >= 0.3 is 0 Å². The Hall–Kier alpha value is -2.40. The molecule has 0 saturated carbocycles. The van der Waals surface area contributed by atoms with Crippen LogP contribution in [0.3, 0.4) is 0 Å². The number of carbonyl (C=O) groups excluding carboxylic acids is 1. The van der Waals surface area contributed by atoms with Crippen molar-refractivity contribution < 1.29 is 14.3 Å². The van der Waals surface area contributed by atoms with Crippen LogP contribution < -0.4 is 5.43 Å². The highest BCUT2D eigenvalue weighted by Gasteiger charge is 2.09. The van der Waals surface area contributed by atoms with Gasteiger partial charge in [0.1, 0.15) is 5.76 Å². The highest BCUT2D eigenvalue weighted by molar-refractivity contribution is 5.80. The highest BCUT2D eigenvalue weighted by atomic mass is 16.3. The van der Waals surface area contributed by atoms with Crippen LogP contribution in [0.1, 0.15) is 30.3 Å². The van der Waals surface area contributed by atoms with Crippen LogP contribution in [0.4, 0.5) is 0 Å². The maximum atomic E-state index is 11.5. The topological polar surface area (TPSA) is 74.8 Å². The second-order valence-electron chi connectivity index (χ2n) is 4.27. The number of amides is 1. The van der Waals surface area contributed by atoms with Crippen molar-refractivity contribution in [1.29, 1.82) is 0 Å². The summed E-state index contributed by atoms with van der Waals surface area (Å²) in [5.41, 5.74) is 3.19. The summed E-state index contributed by atoms with van der Waals surface area (Å²) < 4.78 is 5.03. The molecule has 5 heteroatoms. The fourth-order valence-electron chi connectivity index (χ4n) is 1.70. The summed E-state index contributed by atoms with van der Waals surface area (Å²) >= 11 is 0. The molecule has 1 atom stereocenters. The summed E-state index contributed by atoms with van der Waals surface area (Å²) in [4.78, 5) is 11.5. The number of hydrogen-bond acceptors (Lipinski definition) is 4. The third-order valence-corrected chi connectivity index (χ3v) is 2.75. The zero-order chi connectivity index (χ0) is 14.2. The van der Waals surface area contributed by atoms with Crippen LogP contribution in [0.2, 0.25) is 0 Å². The first-order valence-electron chi connectivity index (χ1n) is 6.34. The van der Waals surface area contributed by atoms with E-state index < -0.39 is 6.10 Å². The molecule has 0 unspecified atom stereocenters. The minimum absolute atomic E-state index is 0.200. The standard InChI is InChI=1S/C15H16N2O3/c18-14(12-5-2-1-3-6-12)8-9-15(19)17-16-11-13-7-4-10-20-13/h1-7,10-11,14,18H,8-9H2,(H,17,19)/b16-11-/t14-/m1/s1. The molecule has 20 heavy (non-hydrogen) atoms. The lowest BCUT2D eigenvalue weighted by Gasteiger charge is -2.09. The summed E-state index contributed by atoms with van der Waals surface area (Å²) in [6.45, 7) is 0. The van der Waals surface area contributed by atoms with E-state index in [2.05, 4.69) is 10.5 Å². The first kappa shape index (κ1) is 14.0. The van der Waals surface area contributed by atoms with Crippen LogP contribution in [0, 0.1) is 0 Å². The minimum atomic E-state index is -0.643. The number of hydrazone groups is 1. The molecule has 0 spiro atoms. The van der Waals surface area contributed by atoms with Gasteiger partial charge < -0.3 is 9.52 Å². The molecule has 5 nitrogen and oxygen atoms in total. The maximum absolute atomic E-state index is 11.5. The van der Waals surface area contributed by atoms with E-state index in [0.29, 0.717) is 12.2 Å². The fourth-order valence-corrected chi connectivity index (χ4v) is 1.70. The Labute approximate surface area is 116 Å².